The molecule has 0 bridgehead atoms. The second-order valence-corrected chi connectivity index (χ2v) is 3.70. The Hall–Kier alpha value is -1.67. The Morgan fingerprint density at radius 3 is 2.67 bits per heavy atom. The summed E-state index contributed by atoms with van der Waals surface area (Å²) in [6.45, 7) is 1.94. The van der Waals surface area contributed by atoms with Gasteiger partial charge in [-0.1, -0.05) is 0 Å². The Balaban J connectivity index is 2.19. The van der Waals surface area contributed by atoms with Crippen LogP contribution in [0, 0.1) is 0 Å². The standard InChI is InChI=1S/C11H12N2O2/c14-8-9-6-10(7-12-11(9)15)13-4-2-1-3-5-13/h6-7H,1-5H2. The van der Waals surface area contributed by atoms with E-state index in [9.17, 15) is 9.59 Å². The number of dihydropyridines is 1. The SMILES string of the molecule is O=C=C1C=C(N2CCCCC2)C=NC1=O. The van der Waals surface area contributed by atoms with Crippen LogP contribution in [0.5, 0.6) is 0 Å². The maximum atomic E-state index is 11.1. The fourth-order valence-corrected chi connectivity index (χ4v) is 1.84. The molecule has 78 valence electrons. The molecule has 4 heteroatoms. The number of hydrogen-bond acceptors (Lipinski definition) is 3. The summed E-state index contributed by atoms with van der Waals surface area (Å²) in [6.07, 6.45) is 6.66. The van der Waals surface area contributed by atoms with Crippen molar-refractivity contribution in [3.05, 3.63) is 17.3 Å². The van der Waals surface area contributed by atoms with E-state index in [4.69, 9.17) is 0 Å². The Morgan fingerprint density at radius 2 is 2.00 bits per heavy atom. The smallest absolute Gasteiger partial charge is 0.288 e. The van der Waals surface area contributed by atoms with Crippen LogP contribution in [0.4, 0.5) is 0 Å². The Kier molecular flexibility index (Phi) is 2.79. The van der Waals surface area contributed by atoms with Crippen LogP contribution in [0.1, 0.15) is 19.3 Å². The van der Waals surface area contributed by atoms with E-state index in [0.29, 0.717) is 0 Å². The van der Waals surface area contributed by atoms with Crippen molar-refractivity contribution in [1.82, 2.24) is 4.90 Å². The molecule has 0 spiro atoms. The highest BCUT2D eigenvalue weighted by molar-refractivity contribution is 6.11. The number of allylic oxidation sites excluding steroid dienone is 1. The first kappa shape index (κ1) is 9.87. The van der Waals surface area contributed by atoms with Gasteiger partial charge >= 0.3 is 0 Å². The second kappa shape index (κ2) is 4.24. The Bertz CT molecular complexity index is 383. The van der Waals surface area contributed by atoms with Gasteiger partial charge in [-0.25, -0.2) is 9.79 Å². The molecular formula is C11H12N2O2. The molecule has 0 aromatic heterocycles. The summed E-state index contributed by atoms with van der Waals surface area (Å²) in [4.78, 5) is 27.4. The van der Waals surface area contributed by atoms with Crippen molar-refractivity contribution in [2.24, 2.45) is 4.99 Å². The van der Waals surface area contributed by atoms with Crippen LogP contribution in [0.15, 0.2) is 22.3 Å². The molecule has 0 aliphatic carbocycles. The molecule has 15 heavy (non-hydrogen) atoms. The quantitative estimate of drug-likeness (QED) is 0.467. The van der Waals surface area contributed by atoms with Gasteiger partial charge in [0.05, 0.1) is 11.9 Å². The molecule has 1 saturated heterocycles. The van der Waals surface area contributed by atoms with Crippen LogP contribution in [0.25, 0.3) is 0 Å². The van der Waals surface area contributed by atoms with E-state index in [-0.39, 0.29) is 5.57 Å². The maximum absolute atomic E-state index is 11.1. The highest BCUT2D eigenvalue weighted by atomic mass is 16.2. The fraction of sp³-hybridized carbons (Fsp3) is 0.455. The number of rotatable bonds is 1. The van der Waals surface area contributed by atoms with E-state index in [0.717, 1.165) is 31.6 Å². The van der Waals surface area contributed by atoms with Crippen LogP contribution < -0.4 is 0 Å². The lowest BCUT2D eigenvalue weighted by atomic mass is 10.1. The molecule has 1 fully saturated rings. The van der Waals surface area contributed by atoms with Gasteiger partial charge in [0.2, 0.25) is 0 Å². The number of hydrogen-bond donors (Lipinski definition) is 0. The highest BCUT2D eigenvalue weighted by Gasteiger charge is 2.18. The zero-order valence-electron chi connectivity index (χ0n) is 8.40. The van der Waals surface area contributed by atoms with Gasteiger partial charge in [0.15, 0.2) is 0 Å². The van der Waals surface area contributed by atoms with Crippen molar-refractivity contribution in [2.75, 3.05) is 13.1 Å². The van der Waals surface area contributed by atoms with Crippen molar-refractivity contribution >= 4 is 18.1 Å². The fourth-order valence-electron chi connectivity index (χ4n) is 1.84. The van der Waals surface area contributed by atoms with Gasteiger partial charge in [-0.05, 0) is 25.3 Å². The monoisotopic (exact) mass is 204 g/mol. The zero-order chi connectivity index (χ0) is 10.7. The largest absolute Gasteiger partial charge is 0.370 e. The van der Waals surface area contributed by atoms with Crippen LogP contribution in [-0.2, 0) is 9.59 Å². The van der Waals surface area contributed by atoms with Gasteiger partial charge in [0.1, 0.15) is 11.5 Å². The van der Waals surface area contributed by atoms with Gasteiger partial charge in [-0.3, -0.25) is 4.79 Å². The van der Waals surface area contributed by atoms with Crippen molar-refractivity contribution < 1.29 is 9.59 Å². The van der Waals surface area contributed by atoms with Crippen LogP contribution in [-0.4, -0.2) is 36.1 Å². The topological polar surface area (TPSA) is 49.7 Å². The number of aliphatic imine (C=N–C) groups is 1. The maximum Gasteiger partial charge on any atom is 0.288 e. The highest BCUT2D eigenvalue weighted by Crippen LogP contribution is 2.17. The molecule has 0 unspecified atom stereocenters. The number of carbonyl (C=O) groups excluding carboxylic acids is 2. The molecule has 1 amide bonds. The normalized spacial score (nSPS) is 21.3. The summed E-state index contributed by atoms with van der Waals surface area (Å²) >= 11 is 0. The van der Waals surface area contributed by atoms with E-state index >= 15 is 0 Å². The van der Waals surface area contributed by atoms with E-state index in [1.807, 2.05) is 0 Å². The summed E-state index contributed by atoms with van der Waals surface area (Å²) in [7, 11) is 0. The Labute approximate surface area is 88.0 Å². The van der Waals surface area contributed by atoms with Gasteiger partial charge in [-0.15, -0.1) is 0 Å². The summed E-state index contributed by atoms with van der Waals surface area (Å²) < 4.78 is 0. The second-order valence-electron chi connectivity index (χ2n) is 3.70. The number of nitrogens with zero attached hydrogens (tertiary/aromatic N) is 2. The van der Waals surface area contributed by atoms with Crippen molar-refractivity contribution in [3.8, 4) is 0 Å². The molecule has 2 aliphatic heterocycles. The first-order valence-electron chi connectivity index (χ1n) is 5.11. The number of amides is 1. The van der Waals surface area contributed by atoms with Crippen molar-refractivity contribution in [2.45, 2.75) is 19.3 Å². The third-order valence-corrected chi connectivity index (χ3v) is 2.67. The molecule has 0 N–H and O–H groups in total. The average Bonchev–Trinajstić information content (AvgIpc) is 2.31. The number of piperidine rings is 1. The number of carbonyl (C=O) groups is 1. The first-order valence-corrected chi connectivity index (χ1v) is 5.11. The van der Waals surface area contributed by atoms with E-state index in [1.165, 1.54) is 12.6 Å². The average molecular weight is 204 g/mol. The number of likely N-dealkylation sites (tertiary alicyclic amines) is 1. The molecule has 4 nitrogen and oxygen atoms in total. The van der Waals surface area contributed by atoms with Gasteiger partial charge in [0.25, 0.3) is 5.91 Å². The third kappa shape index (κ3) is 2.05. The first-order chi connectivity index (χ1) is 7.31. The summed E-state index contributed by atoms with van der Waals surface area (Å²) in [5.74, 6) is 1.13. The predicted octanol–water partition coefficient (Wildman–Crippen LogP) is 0.725. The van der Waals surface area contributed by atoms with E-state index in [1.54, 1.807) is 12.0 Å². The molecule has 0 radical (unpaired) electrons. The molecule has 0 aromatic carbocycles. The van der Waals surface area contributed by atoms with Gasteiger partial charge < -0.3 is 4.90 Å². The summed E-state index contributed by atoms with van der Waals surface area (Å²) in [5.41, 5.74) is 0.880. The molecule has 0 aromatic rings. The zero-order valence-corrected chi connectivity index (χ0v) is 8.40. The minimum Gasteiger partial charge on any atom is -0.370 e. The van der Waals surface area contributed by atoms with E-state index in [2.05, 4.69) is 9.89 Å². The minimum absolute atomic E-state index is 0.0260. The lowest BCUT2D eigenvalue weighted by Crippen LogP contribution is -2.31. The van der Waals surface area contributed by atoms with Crippen molar-refractivity contribution in [1.29, 1.82) is 0 Å². The minimum atomic E-state index is -0.495. The molecule has 0 saturated carbocycles. The van der Waals surface area contributed by atoms with E-state index < -0.39 is 5.91 Å². The molecule has 0 atom stereocenters. The molecule has 2 rings (SSSR count). The Morgan fingerprint density at radius 1 is 1.27 bits per heavy atom. The summed E-state index contributed by atoms with van der Waals surface area (Å²) in [6, 6.07) is 0. The third-order valence-electron chi connectivity index (χ3n) is 2.67. The van der Waals surface area contributed by atoms with Crippen LogP contribution in [0.3, 0.4) is 0 Å². The predicted molar refractivity (Wildman–Crippen MR) is 56.2 cm³/mol. The molecular weight excluding hydrogens is 192 g/mol. The van der Waals surface area contributed by atoms with Crippen molar-refractivity contribution in [3.63, 3.8) is 0 Å². The molecule has 2 aliphatic rings. The van der Waals surface area contributed by atoms with Crippen LogP contribution in [0.2, 0.25) is 0 Å². The van der Waals surface area contributed by atoms with Gasteiger partial charge in [0, 0.05) is 13.1 Å². The van der Waals surface area contributed by atoms with Gasteiger partial charge in [-0.2, -0.15) is 0 Å². The lowest BCUT2D eigenvalue weighted by Gasteiger charge is -2.29. The van der Waals surface area contributed by atoms with Crippen LogP contribution >= 0.6 is 0 Å². The summed E-state index contributed by atoms with van der Waals surface area (Å²) in [5, 5.41) is 0. The lowest BCUT2D eigenvalue weighted by molar-refractivity contribution is -0.114. The molecule has 2 heterocycles.